The first-order chi connectivity index (χ1) is 16.5. The number of nitrogen functional groups attached to an aromatic ring is 1. The first-order valence-corrected chi connectivity index (χ1v) is 9.77. The standard InChI is InChI=1S/C22H14F6N6O/c23-21(24,25)16-10-13(11-30-19(16)34-31-8-9-32-34)33-20(35)15-7-6-14(12-4-2-1-3-5-12)18(29)17(15)22(26,27)28/h1-11H,29H2,(H,33,35). The second-order valence-corrected chi connectivity index (χ2v) is 7.18. The van der Waals surface area contributed by atoms with Crippen molar-refractivity contribution < 1.29 is 31.1 Å². The Hall–Kier alpha value is -4.42. The van der Waals surface area contributed by atoms with Crippen molar-refractivity contribution in [2.24, 2.45) is 0 Å². The average Bonchev–Trinajstić information content (AvgIpc) is 3.33. The Labute approximate surface area is 193 Å². The number of pyridine rings is 1. The summed E-state index contributed by atoms with van der Waals surface area (Å²) in [5.74, 6) is -1.99. The lowest BCUT2D eigenvalue weighted by Crippen LogP contribution is -2.22. The van der Waals surface area contributed by atoms with Gasteiger partial charge in [0.2, 0.25) is 0 Å². The van der Waals surface area contributed by atoms with Crippen LogP contribution < -0.4 is 11.1 Å². The van der Waals surface area contributed by atoms with E-state index in [1.165, 1.54) is 6.07 Å². The molecule has 0 radical (unpaired) electrons. The van der Waals surface area contributed by atoms with E-state index in [0.717, 1.165) is 24.7 Å². The van der Waals surface area contributed by atoms with Gasteiger partial charge in [0.25, 0.3) is 5.91 Å². The summed E-state index contributed by atoms with van der Waals surface area (Å²) in [5, 5.41) is 9.23. The third kappa shape index (κ3) is 4.78. The molecule has 0 bridgehead atoms. The largest absolute Gasteiger partial charge is 0.420 e. The van der Waals surface area contributed by atoms with E-state index in [-0.39, 0.29) is 5.56 Å². The van der Waals surface area contributed by atoms with Crippen molar-refractivity contribution in [3.05, 3.63) is 83.8 Å². The van der Waals surface area contributed by atoms with Gasteiger partial charge in [0.15, 0.2) is 5.82 Å². The third-order valence-electron chi connectivity index (χ3n) is 4.90. The number of halogens is 6. The van der Waals surface area contributed by atoms with Crippen LogP contribution in [-0.4, -0.2) is 25.9 Å². The summed E-state index contributed by atoms with van der Waals surface area (Å²) in [7, 11) is 0. The molecule has 2 aromatic heterocycles. The highest BCUT2D eigenvalue weighted by atomic mass is 19.4. The molecule has 3 N–H and O–H groups in total. The van der Waals surface area contributed by atoms with Crippen molar-refractivity contribution in [3.8, 4) is 16.9 Å². The van der Waals surface area contributed by atoms with Crippen LogP contribution in [0.25, 0.3) is 16.9 Å². The monoisotopic (exact) mass is 492 g/mol. The van der Waals surface area contributed by atoms with Gasteiger partial charge < -0.3 is 11.1 Å². The quantitative estimate of drug-likeness (QED) is 0.301. The molecule has 2 aromatic carbocycles. The minimum atomic E-state index is -5.02. The van der Waals surface area contributed by atoms with Crippen LogP contribution in [0.4, 0.5) is 37.7 Å². The van der Waals surface area contributed by atoms with E-state index in [1.54, 1.807) is 30.3 Å². The maximum Gasteiger partial charge on any atom is 0.420 e. The zero-order chi connectivity index (χ0) is 25.4. The van der Waals surface area contributed by atoms with Gasteiger partial charge in [-0.2, -0.15) is 36.5 Å². The van der Waals surface area contributed by atoms with Crippen LogP contribution in [0.15, 0.2) is 67.1 Å². The Morgan fingerprint density at radius 2 is 1.57 bits per heavy atom. The molecule has 4 aromatic rings. The molecule has 7 nitrogen and oxygen atoms in total. The number of carbonyl (C=O) groups excluding carboxylic acids is 1. The summed E-state index contributed by atoms with van der Waals surface area (Å²) in [5.41, 5.74) is 1.50. The molecule has 0 saturated carbocycles. The summed E-state index contributed by atoms with van der Waals surface area (Å²) in [6, 6.07) is 10.7. The van der Waals surface area contributed by atoms with Crippen molar-refractivity contribution in [2.75, 3.05) is 11.1 Å². The molecule has 0 aliphatic heterocycles. The summed E-state index contributed by atoms with van der Waals surface area (Å²) >= 11 is 0. The molecule has 35 heavy (non-hydrogen) atoms. The highest BCUT2D eigenvalue weighted by Gasteiger charge is 2.39. The fraction of sp³-hybridized carbons (Fsp3) is 0.0909. The van der Waals surface area contributed by atoms with Gasteiger partial charge in [0, 0.05) is 5.56 Å². The number of aromatic nitrogens is 4. The molecule has 0 spiro atoms. The Morgan fingerprint density at radius 1 is 0.914 bits per heavy atom. The number of nitrogens with zero attached hydrogens (tertiary/aromatic N) is 4. The lowest BCUT2D eigenvalue weighted by atomic mass is 9.95. The lowest BCUT2D eigenvalue weighted by molar-refractivity contribution is -0.138. The minimum Gasteiger partial charge on any atom is -0.398 e. The van der Waals surface area contributed by atoms with Gasteiger partial charge in [0.1, 0.15) is 5.56 Å². The summed E-state index contributed by atoms with van der Waals surface area (Å²) in [6.07, 6.45) is -6.82. The second kappa shape index (κ2) is 8.74. The fourth-order valence-corrected chi connectivity index (χ4v) is 3.40. The van der Waals surface area contributed by atoms with Gasteiger partial charge in [-0.15, -0.1) is 4.80 Å². The predicted octanol–water partition coefficient (Wildman–Crippen LogP) is 5.20. The molecule has 13 heteroatoms. The van der Waals surface area contributed by atoms with E-state index >= 15 is 0 Å². The molecule has 1 amide bonds. The topological polar surface area (TPSA) is 98.7 Å². The molecular weight excluding hydrogens is 478 g/mol. The first-order valence-electron chi connectivity index (χ1n) is 9.77. The van der Waals surface area contributed by atoms with Gasteiger partial charge >= 0.3 is 12.4 Å². The van der Waals surface area contributed by atoms with Gasteiger partial charge in [0.05, 0.1) is 41.1 Å². The molecule has 0 aliphatic rings. The Balaban J connectivity index is 1.74. The van der Waals surface area contributed by atoms with Crippen LogP contribution in [0.3, 0.4) is 0 Å². The van der Waals surface area contributed by atoms with E-state index in [4.69, 9.17) is 5.73 Å². The molecule has 0 aliphatic carbocycles. The zero-order valence-corrected chi connectivity index (χ0v) is 17.4. The van der Waals surface area contributed by atoms with Crippen LogP contribution in [0.1, 0.15) is 21.5 Å². The number of hydrogen-bond donors (Lipinski definition) is 2. The minimum absolute atomic E-state index is 0.0478. The molecule has 4 rings (SSSR count). The fourth-order valence-electron chi connectivity index (χ4n) is 3.40. The highest BCUT2D eigenvalue weighted by Crippen LogP contribution is 2.41. The first kappa shape index (κ1) is 23.7. The number of rotatable bonds is 4. The third-order valence-corrected chi connectivity index (χ3v) is 4.90. The summed E-state index contributed by atoms with van der Waals surface area (Å²) < 4.78 is 82.4. The summed E-state index contributed by atoms with van der Waals surface area (Å²) in [6.45, 7) is 0. The number of amides is 1. The van der Waals surface area contributed by atoms with Gasteiger partial charge in [-0.05, 0) is 17.7 Å². The molecule has 2 heterocycles. The Morgan fingerprint density at radius 3 is 2.17 bits per heavy atom. The number of nitrogens with two attached hydrogens (primary N) is 1. The zero-order valence-electron chi connectivity index (χ0n) is 17.4. The average molecular weight is 492 g/mol. The number of hydrogen-bond acceptors (Lipinski definition) is 5. The molecular formula is C22H14F6N6O. The molecule has 0 atom stereocenters. The highest BCUT2D eigenvalue weighted by molar-refractivity contribution is 6.07. The van der Waals surface area contributed by atoms with E-state index in [9.17, 15) is 31.1 Å². The predicted molar refractivity (Wildman–Crippen MR) is 113 cm³/mol. The number of alkyl halides is 6. The van der Waals surface area contributed by atoms with Crippen LogP contribution >= 0.6 is 0 Å². The van der Waals surface area contributed by atoms with Crippen LogP contribution in [0.5, 0.6) is 0 Å². The van der Waals surface area contributed by atoms with Crippen molar-refractivity contribution in [1.29, 1.82) is 0 Å². The molecule has 0 unspecified atom stereocenters. The Kier molecular flexibility index (Phi) is 5.92. The number of anilines is 2. The molecule has 0 fully saturated rings. The van der Waals surface area contributed by atoms with Crippen LogP contribution in [0, 0.1) is 0 Å². The SMILES string of the molecule is Nc1c(-c2ccccc2)ccc(C(=O)Nc2cnc(-n3nccn3)c(C(F)(F)F)c2)c1C(F)(F)F. The number of carbonyl (C=O) groups is 1. The van der Waals surface area contributed by atoms with Gasteiger partial charge in [-0.3, -0.25) is 4.79 Å². The van der Waals surface area contributed by atoms with Crippen LogP contribution in [-0.2, 0) is 12.4 Å². The van der Waals surface area contributed by atoms with Crippen molar-refractivity contribution >= 4 is 17.3 Å². The van der Waals surface area contributed by atoms with E-state index in [1.807, 2.05) is 5.32 Å². The van der Waals surface area contributed by atoms with Gasteiger partial charge in [-0.1, -0.05) is 36.4 Å². The van der Waals surface area contributed by atoms with E-state index in [2.05, 4.69) is 15.2 Å². The maximum absolute atomic E-state index is 13.9. The molecule has 180 valence electrons. The number of benzene rings is 2. The van der Waals surface area contributed by atoms with E-state index in [0.29, 0.717) is 16.4 Å². The number of nitrogens with one attached hydrogen (secondary N) is 1. The van der Waals surface area contributed by atoms with Crippen LogP contribution in [0.2, 0.25) is 0 Å². The summed E-state index contributed by atoms with van der Waals surface area (Å²) in [4.78, 5) is 17.0. The van der Waals surface area contributed by atoms with Crippen molar-refractivity contribution in [1.82, 2.24) is 20.0 Å². The van der Waals surface area contributed by atoms with E-state index < -0.39 is 52.1 Å². The molecule has 0 saturated heterocycles. The normalized spacial score (nSPS) is 11.9. The van der Waals surface area contributed by atoms with Gasteiger partial charge in [-0.25, -0.2) is 4.98 Å². The van der Waals surface area contributed by atoms with Crippen molar-refractivity contribution in [3.63, 3.8) is 0 Å². The smallest absolute Gasteiger partial charge is 0.398 e. The maximum atomic E-state index is 13.9. The van der Waals surface area contributed by atoms with Crippen molar-refractivity contribution in [2.45, 2.75) is 12.4 Å². The Bertz CT molecular complexity index is 1370. The lowest BCUT2D eigenvalue weighted by Gasteiger charge is -2.18. The second-order valence-electron chi connectivity index (χ2n) is 7.18.